The molecule has 1 spiro atoms. The number of nitrogens with one attached hydrogen (secondary N) is 3. The summed E-state index contributed by atoms with van der Waals surface area (Å²) in [7, 11) is 1.99. The quantitative estimate of drug-likeness (QED) is 0.578. The Balaban J connectivity index is 1.21. The van der Waals surface area contributed by atoms with Gasteiger partial charge in [-0.25, -0.2) is 4.98 Å². The Morgan fingerprint density at radius 2 is 1.97 bits per heavy atom. The van der Waals surface area contributed by atoms with E-state index in [1.807, 2.05) is 60.1 Å². The van der Waals surface area contributed by atoms with Crippen molar-refractivity contribution in [3.63, 3.8) is 0 Å². The second kappa shape index (κ2) is 7.07. The Kier molecular flexibility index (Phi) is 4.34. The predicted octanol–water partition coefficient (Wildman–Crippen LogP) is 3.57. The molecule has 3 aromatic rings. The molecule has 4 aliphatic rings. The van der Waals surface area contributed by atoms with E-state index in [9.17, 15) is 9.59 Å². The van der Waals surface area contributed by atoms with E-state index in [0.29, 0.717) is 12.1 Å². The van der Waals surface area contributed by atoms with E-state index in [0.717, 1.165) is 48.2 Å². The van der Waals surface area contributed by atoms with Crippen LogP contribution in [0.1, 0.15) is 48.8 Å². The van der Waals surface area contributed by atoms with Crippen molar-refractivity contribution in [1.82, 2.24) is 20.2 Å². The number of rotatable bonds is 3. The zero-order valence-electron chi connectivity index (χ0n) is 19.0. The van der Waals surface area contributed by atoms with E-state index in [4.69, 9.17) is 0 Å². The van der Waals surface area contributed by atoms with Crippen molar-refractivity contribution in [1.29, 1.82) is 0 Å². The van der Waals surface area contributed by atoms with Crippen LogP contribution in [0.2, 0.25) is 0 Å². The van der Waals surface area contributed by atoms with Crippen LogP contribution in [0.4, 0.5) is 5.69 Å². The van der Waals surface area contributed by atoms with Gasteiger partial charge >= 0.3 is 0 Å². The van der Waals surface area contributed by atoms with Crippen LogP contribution >= 0.6 is 0 Å². The smallest absolute Gasteiger partial charge is 0.255 e. The largest absolute Gasteiger partial charge is 0.362 e. The summed E-state index contributed by atoms with van der Waals surface area (Å²) < 4.78 is 2.04. The van der Waals surface area contributed by atoms with Crippen LogP contribution in [0.5, 0.6) is 0 Å². The molecule has 3 saturated carbocycles. The number of para-hydroxylation sites is 3. The molecule has 2 amide bonds. The Hall–Kier alpha value is -3.35. The number of anilines is 1. The van der Waals surface area contributed by atoms with E-state index in [1.165, 1.54) is 0 Å². The first-order valence-corrected chi connectivity index (χ1v) is 11.8. The van der Waals surface area contributed by atoms with Crippen LogP contribution in [-0.4, -0.2) is 27.0 Å². The van der Waals surface area contributed by atoms with Gasteiger partial charge < -0.3 is 20.5 Å². The molecule has 33 heavy (non-hydrogen) atoms. The Morgan fingerprint density at radius 1 is 1.18 bits per heavy atom. The third-order valence-electron chi connectivity index (χ3n) is 8.29. The maximum absolute atomic E-state index is 13.4. The van der Waals surface area contributed by atoms with Gasteiger partial charge in [0.15, 0.2) is 0 Å². The summed E-state index contributed by atoms with van der Waals surface area (Å²) in [5.41, 5.74) is 2.91. The molecule has 7 nitrogen and oxygen atoms in total. The normalized spacial score (nSPS) is 30.1. The number of hydrogen-bond acceptors (Lipinski definition) is 4. The lowest BCUT2D eigenvalue weighted by Crippen LogP contribution is -2.70. The summed E-state index contributed by atoms with van der Waals surface area (Å²) in [5.74, 6) is 1.05. The maximum Gasteiger partial charge on any atom is 0.255 e. The highest BCUT2D eigenvalue weighted by molar-refractivity contribution is 6.02. The lowest BCUT2D eigenvalue weighted by molar-refractivity contribution is -0.139. The highest BCUT2D eigenvalue weighted by atomic mass is 16.2. The molecule has 3 N–H and O–H groups in total. The van der Waals surface area contributed by atoms with Gasteiger partial charge in [-0.15, -0.1) is 0 Å². The van der Waals surface area contributed by atoms with Gasteiger partial charge in [0.25, 0.3) is 5.91 Å². The molecule has 3 aliphatic carbocycles. The van der Waals surface area contributed by atoms with E-state index in [-0.39, 0.29) is 29.1 Å². The fraction of sp³-hybridized carbons (Fsp3) is 0.423. The summed E-state index contributed by atoms with van der Waals surface area (Å²) >= 11 is 0. The summed E-state index contributed by atoms with van der Waals surface area (Å²) in [6, 6.07) is 15.7. The molecule has 2 aromatic carbocycles. The molecule has 1 aliphatic heterocycles. The van der Waals surface area contributed by atoms with Crippen LogP contribution in [0.15, 0.2) is 48.5 Å². The first-order valence-electron chi connectivity index (χ1n) is 11.8. The van der Waals surface area contributed by atoms with Crippen LogP contribution in [0.3, 0.4) is 0 Å². The average Bonchev–Trinajstić information content (AvgIpc) is 3.13. The van der Waals surface area contributed by atoms with Gasteiger partial charge in [-0.1, -0.05) is 31.2 Å². The minimum Gasteiger partial charge on any atom is -0.362 e. The highest BCUT2D eigenvalue weighted by Crippen LogP contribution is 2.58. The molecule has 2 bridgehead atoms. The Bertz CT molecular complexity index is 1280. The van der Waals surface area contributed by atoms with E-state index >= 15 is 0 Å². The number of carbonyl (C=O) groups is 2. The highest BCUT2D eigenvalue weighted by Gasteiger charge is 2.60. The number of imidazole rings is 1. The number of nitrogens with zero attached hydrogens (tertiary/aromatic N) is 2. The molecule has 170 valence electrons. The molecule has 4 atom stereocenters. The zero-order chi connectivity index (χ0) is 22.8. The number of benzene rings is 2. The van der Waals surface area contributed by atoms with Crippen molar-refractivity contribution < 1.29 is 9.59 Å². The fourth-order valence-corrected chi connectivity index (χ4v) is 6.50. The minimum absolute atomic E-state index is 0.0247. The Labute approximate surface area is 193 Å². The fourth-order valence-electron chi connectivity index (χ4n) is 6.50. The molecule has 7 rings (SSSR count). The lowest BCUT2D eigenvalue weighted by atomic mass is 9.51. The third kappa shape index (κ3) is 3.05. The SMILES string of the molecule is Cn1c(CNC(=O)[C@H]2C[C@H]3CC[C@@]2(C)C[C@@]32NC(=O)c3ccccc3N2)nc2ccccc21. The molecule has 1 aromatic heterocycles. The molecule has 2 heterocycles. The number of aromatic nitrogens is 2. The monoisotopic (exact) mass is 443 g/mol. The number of hydrogen-bond donors (Lipinski definition) is 3. The molecule has 3 fully saturated rings. The third-order valence-corrected chi connectivity index (χ3v) is 8.29. The molecule has 0 saturated heterocycles. The van der Waals surface area contributed by atoms with Gasteiger partial charge in [-0.05, 0) is 55.4 Å². The van der Waals surface area contributed by atoms with Crippen LogP contribution < -0.4 is 16.0 Å². The first kappa shape index (κ1) is 20.3. The van der Waals surface area contributed by atoms with E-state index < -0.39 is 5.66 Å². The van der Waals surface area contributed by atoms with E-state index in [2.05, 4.69) is 27.9 Å². The summed E-state index contributed by atoms with van der Waals surface area (Å²) in [6.45, 7) is 2.62. The predicted molar refractivity (Wildman–Crippen MR) is 126 cm³/mol. The van der Waals surface area contributed by atoms with Gasteiger partial charge in [0.05, 0.1) is 23.1 Å². The van der Waals surface area contributed by atoms with Crippen molar-refractivity contribution in [3.8, 4) is 0 Å². The van der Waals surface area contributed by atoms with Crippen LogP contribution in [0.25, 0.3) is 11.0 Å². The van der Waals surface area contributed by atoms with Crippen molar-refractivity contribution in [2.75, 3.05) is 5.32 Å². The van der Waals surface area contributed by atoms with Crippen molar-refractivity contribution in [2.45, 2.75) is 44.8 Å². The molecule has 0 unspecified atom stereocenters. The topological polar surface area (TPSA) is 88.0 Å². The molecule has 0 radical (unpaired) electrons. The van der Waals surface area contributed by atoms with Crippen molar-refractivity contribution in [2.24, 2.45) is 24.3 Å². The summed E-state index contributed by atoms with van der Waals surface area (Å²) in [4.78, 5) is 30.9. The molecule has 7 heteroatoms. The first-order chi connectivity index (χ1) is 15.9. The summed E-state index contributed by atoms with van der Waals surface area (Å²) in [5, 5.41) is 10.1. The number of fused-ring (bicyclic) bond motifs is 4. The number of aryl methyl sites for hydroxylation is 1. The Morgan fingerprint density at radius 3 is 2.79 bits per heavy atom. The van der Waals surface area contributed by atoms with Crippen LogP contribution in [-0.2, 0) is 18.4 Å². The van der Waals surface area contributed by atoms with E-state index in [1.54, 1.807) is 0 Å². The lowest BCUT2D eigenvalue weighted by Gasteiger charge is -2.60. The molecular weight excluding hydrogens is 414 g/mol. The molecular formula is C26H29N5O2. The van der Waals surface area contributed by atoms with Gasteiger partial charge in [-0.2, -0.15) is 0 Å². The standard InChI is InChI=1S/C26H29N5O2/c1-25-12-11-16(26(15-25)29-19-8-4-3-7-17(19)23(32)30-26)13-18(25)24(33)27-14-22-28-20-9-5-6-10-21(20)31(22)2/h3-10,16,18,29H,11-15H2,1-2H3,(H,27,33)(H,30,32)/t16-,18-,25+,26-/m1/s1. The van der Waals surface area contributed by atoms with Crippen molar-refractivity contribution in [3.05, 3.63) is 59.9 Å². The second-order valence-corrected chi connectivity index (χ2v) is 10.2. The zero-order valence-corrected chi connectivity index (χ0v) is 19.0. The van der Waals surface area contributed by atoms with Gasteiger partial charge in [0.2, 0.25) is 5.91 Å². The van der Waals surface area contributed by atoms with Gasteiger partial charge in [0, 0.05) is 24.6 Å². The minimum atomic E-state index is -0.480. The van der Waals surface area contributed by atoms with Crippen LogP contribution in [0, 0.1) is 17.3 Å². The maximum atomic E-state index is 13.4. The number of amides is 2. The van der Waals surface area contributed by atoms with Crippen molar-refractivity contribution >= 4 is 28.5 Å². The van der Waals surface area contributed by atoms with Gasteiger partial charge in [-0.3, -0.25) is 9.59 Å². The number of carbonyl (C=O) groups excluding carboxylic acids is 2. The second-order valence-electron chi connectivity index (χ2n) is 10.2. The van der Waals surface area contributed by atoms with Gasteiger partial charge in [0.1, 0.15) is 11.5 Å². The summed E-state index contributed by atoms with van der Waals surface area (Å²) in [6.07, 6.45) is 3.50. The average molecular weight is 444 g/mol.